The summed E-state index contributed by atoms with van der Waals surface area (Å²) in [5, 5.41) is 0. The van der Waals surface area contributed by atoms with Crippen molar-refractivity contribution in [3.05, 3.63) is 199 Å². The number of hydrogen-bond donors (Lipinski definition) is 0. The summed E-state index contributed by atoms with van der Waals surface area (Å²) in [7, 11) is 0. The molecule has 0 radical (unpaired) electrons. The topological polar surface area (TPSA) is 9.72 Å². The molecular weight excluding hydrogens is 798 g/mol. The molecule has 8 aromatic carbocycles. The molecule has 3 nitrogen and oxygen atoms in total. The second-order valence-electron chi connectivity index (χ2n) is 21.8. The first-order valence-corrected chi connectivity index (χ1v) is 24.0. The largest absolute Gasteiger partial charge is 0.334 e. The van der Waals surface area contributed by atoms with Crippen LogP contribution in [0.5, 0.6) is 0 Å². The zero-order valence-electron chi connectivity index (χ0n) is 39.7. The molecule has 12 rings (SSSR count). The van der Waals surface area contributed by atoms with Gasteiger partial charge in [0, 0.05) is 50.9 Å². The Morgan fingerprint density at radius 2 is 1.00 bits per heavy atom. The van der Waals surface area contributed by atoms with Gasteiger partial charge in [0.05, 0.1) is 5.54 Å². The average Bonchev–Trinajstić information content (AvgIpc) is 3.45. The van der Waals surface area contributed by atoms with Crippen LogP contribution in [-0.2, 0) is 16.2 Å². The SMILES string of the molecule is CC(C)(C)c1cccc(N2c3cc(C(C)(C)C)ccc3B3c4cc(-c5ccccc5)ccc4N(c4ccc(-c5ccccc5)cc4)c4cc(N5c6ccccc6C6(C)CCC56C)cc2c43)c1. The lowest BCUT2D eigenvalue weighted by Crippen LogP contribution is -2.62. The Morgan fingerprint density at radius 3 is 1.65 bits per heavy atom. The van der Waals surface area contributed by atoms with E-state index in [4.69, 9.17) is 0 Å². The molecular formula is C62H58BN3. The minimum atomic E-state index is -0.0701. The lowest BCUT2D eigenvalue weighted by atomic mass is 9.33. The van der Waals surface area contributed by atoms with E-state index in [1.54, 1.807) is 0 Å². The summed E-state index contributed by atoms with van der Waals surface area (Å²) >= 11 is 0. The maximum Gasteiger partial charge on any atom is 0.252 e. The standard InChI is InChI=1S/C62H58BN3/c1-59(2,3)45-22-17-23-48(37-45)65-55-38-46(60(4,5)6)29-32-51(55)63-52-36-44(42-20-13-10-14-21-42)28-33-54(52)64(47-30-26-43(27-31-47)41-18-11-9-12-19-41)56-39-49(40-57(65)58(56)63)66-53-25-16-15-24-50(53)61(7)34-35-62(61,66)8/h9-33,36-40H,34-35H2,1-8H3. The molecule has 0 N–H and O–H groups in total. The Kier molecular flexibility index (Phi) is 8.86. The number of fused-ring (bicyclic) bond motifs is 7. The normalized spacial score (nSPS) is 19.1. The molecule has 0 aromatic heterocycles. The van der Waals surface area contributed by atoms with Crippen LogP contribution in [0.2, 0.25) is 0 Å². The molecule has 2 atom stereocenters. The molecule has 3 aliphatic heterocycles. The summed E-state index contributed by atoms with van der Waals surface area (Å²) in [4.78, 5) is 7.94. The van der Waals surface area contributed by atoms with E-state index in [2.05, 4.69) is 252 Å². The van der Waals surface area contributed by atoms with Crippen molar-refractivity contribution in [2.24, 2.45) is 0 Å². The third-order valence-electron chi connectivity index (χ3n) is 16.0. The summed E-state index contributed by atoms with van der Waals surface area (Å²) in [5.41, 5.74) is 22.8. The van der Waals surface area contributed by atoms with E-state index in [1.165, 1.54) is 102 Å². The van der Waals surface area contributed by atoms with Crippen molar-refractivity contribution in [1.29, 1.82) is 0 Å². The Hall–Kier alpha value is -6.78. The van der Waals surface area contributed by atoms with E-state index in [0.717, 1.165) is 12.1 Å². The lowest BCUT2D eigenvalue weighted by molar-refractivity contribution is 0.133. The van der Waals surface area contributed by atoms with Gasteiger partial charge in [-0.05, 0) is 141 Å². The van der Waals surface area contributed by atoms with Gasteiger partial charge >= 0.3 is 0 Å². The molecule has 0 spiro atoms. The zero-order valence-corrected chi connectivity index (χ0v) is 39.7. The molecule has 2 unspecified atom stereocenters. The van der Waals surface area contributed by atoms with Crippen LogP contribution in [0, 0.1) is 0 Å². The van der Waals surface area contributed by atoms with E-state index < -0.39 is 0 Å². The highest BCUT2D eigenvalue weighted by atomic mass is 15.3. The van der Waals surface area contributed by atoms with E-state index in [9.17, 15) is 0 Å². The van der Waals surface area contributed by atoms with Crippen molar-refractivity contribution in [3.63, 3.8) is 0 Å². The summed E-state index contributed by atoms with van der Waals surface area (Å²) in [5.74, 6) is 0. The van der Waals surface area contributed by atoms with Crippen LogP contribution in [0.25, 0.3) is 22.3 Å². The van der Waals surface area contributed by atoms with E-state index in [0.29, 0.717) is 0 Å². The van der Waals surface area contributed by atoms with Crippen LogP contribution in [-0.4, -0.2) is 12.3 Å². The molecule has 0 saturated heterocycles. The molecule has 4 aliphatic rings. The molecule has 4 heteroatoms. The highest BCUT2D eigenvalue weighted by Gasteiger charge is 2.63. The Balaban J connectivity index is 1.19. The van der Waals surface area contributed by atoms with Gasteiger partial charge in [-0.25, -0.2) is 0 Å². The van der Waals surface area contributed by atoms with Crippen molar-refractivity contribution in [3.8, 4) is 22.3 Å². The van der Waals surface area contributed by atoms with Crippen LogP contribution in [0.4, 0.5) is 45.5 Å². The summed E-state index contributed by atoms with van der Waals surface area (Å²) in [6.45, 7) is 19.0. The van der Waals surface area contributed by atoms with Crippen LogP contribution in [0.1, 0.15) is 84.9 Å². The van der Waals surface area contributed by atoms with Gasteiger partial charge in [-0.15, -0.1) is 0 Å². The molecule has 3 heterocycles. The summed E-state index contributed by atoms with van der Waals surface area (Å²) in [6, 6.07) is 69.2. The summed E-state index contributed by atoms with van der Waals surface area (Å²) < 4.78 is 0. The predicted octanol–water partition coefficient (Wildman–Crippen LogP) is 14.7. The third-order valence-corrected chi connectivity index (χ3v) is 16.0. The number of para-hydroxylation sites is 1. The third kappa shape index (κ3) is 5.96. The van der Waals surface area contributed by atoms with Gasteiger partial charge in [0.25, 0.3) is 6.71 Å². The highest BCUT2D eigenvalue weighted by molar-refractivity contribution is 7.00. The average molecular weight is 856 g/mol. The van der Waals surface area contributed by atoms with Crippen molar-refractivity contribution >= 4 is 68.6 Å². The number of anilines is 8. The predicted molar refractivity (Wildman–Crippen MR) is 282 cm³/mol. The fourth-order valence-corrected chi connectivity index (χ4v) is 12.0. The maximum absolute atomic E-state index is 2.73. The van der Waals surface area contributed by atoms with Crippen LogP contribution in [0.3, 0.4) is 0 Å². The van der Waals surface area contributed by atoms with E-state index in [-0.39, 0.29) is 28.5 Å². The first kappa shape index (κ1) is 40.7. The van der Waals surface area contributed by atoms with E-state index in [1.807, 2.05) is 0 Å². The minimum Gasteiger partial charge on any atom is -0.334 e. The Labute approximate surface area is 392 Å². The van der Waals surface area contributed by atoms with Crippen LogP contribution < -0.4 is 31.1 Å². The van der Waals surface area contributed by atoms with Crippen molar-refractivity contribution in [2.45, 2.75) is 90.0 Å². The second-order valence-corrected chi connectivity index (χ2v) is 21.8. The number of rotatable bonds is 5. The molecule has 1 saturated carbocycles. The van der Waals surface area contributed by atoms with Gasteiger partial charge in [0.15, 0.2) is 0 Å². The first-order valence-electron chi connectivity index (χ1n) is 24.0. The first-order chi connectivity index (χ1) is 31.7. The zero-order chi connectivity index (χ0) is 45.3. The second kappa shape index (κ2) is 14.4. The lowest BCUT2D eigenvalue weighted by Gasteiger charge is -2.56. The van der Waals surface area contributed by atoms with Gasteiger partial charge < -0.3 is 14.7 Å². The molecule has 1 aliphatic carbocycles. The van der Waals surface area contributed by atoms with Crippen molar-refractivity contribution in [1.82, 2.24) is 0 Å². The fraction of sp³-hybridized carbons (Fsp3) is 0.226. The minimum absolute atomic E-state index is 0.0101. The van der Waals surface area contributed by atoms with Gasteiger partial charge in [0.1, 0.15) is 0 Å². The molecule has 1 fully saturated rings. The maximum atomic E-state index is 2.73. The number of benzene rings is 8. The summed E-state index contributed by atoms with van der Waals surface area (Å²) in [6.07, 6.45) is 2.32. The monoisotopic (exact) mass is 855 g/mol. The molecule has 8 aromatic rings. The Morgan fingerprint density at radius 1 is 0.409 bits per heavy atom. The molecule has 0 amide bonds. The van der Waals surface area contributed by atoms with Crippen molar-refractivity contribution in [2.75, 3.05) is 14.7 Å². The molecule has 324 valence electrons. The molecule has 66 heavy (non-hydrogen) atoms. The van der Waals surface area contributed by atoms with Crippen molar-refractivity contribution < 1.29 is 0 Å². The van der Waals surface area contributed by atoms with Gasteiger partial charge in [-0.3, -0.25) is 0 Å². The van der Waals surface area contributed by atoms with Gasteiger partial charge in [0.2, 0.25) is 0 Å². The van der Waals surface area contributed by atoms with Gasteiger partial charge in [-0.1, -0.05) is 176 Å². The molecule has 0 bridgehead atoms. The number of nitrogens with zero attached hydrogens (tertiary/aromatic N) is 3. The Bertz CT molecular complexity index is 3210. The quantitative estimate of drug-likeness (QED) is 0.160. The van der Waals surface area contributed by atoms with Crippen LogP contribution in [0.15, 0.2) is 182 Å². The van der Waals surface area contributed by atoms with E-state index >= 15 is 0 Å². The highest BCUT2D eigenvalue weighted by Crippen LogP contribution is 2.65. The van der Waals surface area contributed by atoms with Gasteiger partial charge in [-0.2, -0.15) is 0 Å². The van der Waals surface area contributed by atoms with Crippen LogP contribution >= 0.6 is 0 Å². The number of hydrogen-bond acceptors (Lipinski definition) is 3. The fourth-order valence-electron chi connectivity index (χ4n) is 12.0. The smallest absolute Gasteiger partial charge is 0.252 e.